The predicted octanol–water partition coefficient (Wildman–Crippen LogP) is 2.25. The van der Waals surface area contributed by atoms with Gasteiger partial charge in [-0.15, -0.1) is 0 Å². The molecule has 0 aliphatic carbocycles. The fourth-order valence-electron chi connectivity index (χ4n) is 7.34. The van der Waals surface area contributed by atoms with Crippen molar-refractivity contribution in [2.24, 2.45) is 5.41 Å². The lowest BCUT2D eigenvalue weighted by Gasteiger charge is -2.37. The van der Waals surface area contributed by atoms with Gasteiger partial charge in [-0.05, 0) is 49.9 Å². The molecule has 0 saturated carbocycles. The number of likely N-dealkylation sites (tertiary alicyclic amines) is 1. The van der Waals surface area contributed by atoms with Crippen LogP contribution in [0, 0.1) is 12.3 Å². The van der Waals surface area contributed by atoms with E-state index in [9.17, 15) is 19.2 Å². The number of piperidine rings is 1. The van der Waals surface area contributed by atoms with Gasteiger partial charge in [-0.2, -0.15) is 0 Å². The molecule has 3 amide bonds. The first-order valence-electron chi connectivity index (χ1n) is 25.0. The summed E-state index contributed by atoms with van der Waals surface area (Å²) in [6, 6.07) is 5.66. The summed E-state index contributed by atoms with van der Waals surface area (Å²) in [6.45, 7) is 15.9. The first kappa shape index (κ1) is 60.3. The molecule has 0 bridgehead atoms. The van der Waals surface area contributed by atoms with Gasteiger partial charge in [0.2, 0.25) is 17.8 Å². The molecular formula is C50H79N5O17. The Morgan fingerprint density at radius 2 is 1.00 bits per heavy atom. The van der Waals surface area contributed by atoms with E-state index in [1.165, 1.54) is 17.3 Å². The lowest BCUT2D eigenvalue weighted by molar-refractivity contribution is -0.142. The van der Waals surface area contributed by atoms with E-state index in [1.807, 2.05) is 30.0 Å². The maximum absolute atomic E-state index is 13.6. The molecule has 2 fully saturated rings. The third-order valence-electron chi connectivity index (χ3n) is 11.5. The Bertz CT molecular complexity index is 1800. The van der Waals surface area contributed by atoms with E-state index in [-0.39, 0.29) is 36.5 Å². The Labute approximate surface area is 424 Å². The van der Waals surface area contributed by atoms with Crippen molar-refractivity contribution in [3.8, 4) is 5.75 Å². The molecule has 0 radical (unpaired) electrons. The van der Waals surface area contributed by atoms with Crippen molar-refractivity contribution < 1.29 is 80.8 Å². The Hall–Kier alpha value is -4.30. The number of rotatable bonds is 44. The molecule has 1 aromatic carbocycles. The summed E-state index contributed by atoms with van der Waals surface area (Å²) in [6.07, 6.45) is 4.63. The molecule has 4 rings (SSSR count). The quantitative estimate of drug-likeness (QED) is 0.0741. The number of hydrogen-bond donors (Lipinski definition) is 1. The van der Waals surface area contributed by atoms with Crippen LogP contribution in [0.2, 0.25) is 0 Å². The number of carbonyl (C=O) groups is 4. The van der Waals surface area contributed by atoms with Crippen molar-refractivity contribution in [1.29, 1.82) is 0 Å². The number of carbonyl (C=O) groups excluding carboxylic acids is 4. The summed E-state index contributed by atoms with van der Waals surface area (Å²) >= 11 is 0. The maximum Gasteiger partial charge on any atom is 0.254 e. The molecule has 406 valence electrons. The Balaban J connectivity index is 0.836. The summed E-state index contributed by atoms with van der Waals surface area (Å²) in [5.41, 5.74) is 1.48. The number of anilines is 1. The largest absolute Gasteiger partial charge is 0.497 e. The van der Waals surface area contributed by atoms with Crippen LogP contribution in [0.4, 0.5) is 5.95 Å². The minimum absolute atomic E-state index is 0.117. The second-order valence-corrected chi connectivity index (χ2v) is 16.8. The number of aryl methyl sites for hydroxylation is 1. The lowest BCUT2D eigenvalue weighted by atomic mass is 9.77. The number of imide groups is 1. The predicted molar refractivity (Wildman–Crippen MR) is 261 cm³/mol. The highest BCUT2D eigenvalue weighted by atomic mass is 16.6. The zero-order valence-electron chi connectivity index (χ0n) is 42.7. The summed E-state index contributed by atoms with van der Waals surface area (Å²) in [5, 5.41) is 2.81. The fraction of sp³-hybridized carbons (Fsp3) is 0.720. The fourth-order valence-corrected chi connectivity index (χ4v) is 7.34. The van der Waals surface area contributed by atoms with Gasteiger partial charge in [0.05, 0.1) is 183 Å². The van der Waals surface area contributed by atoms with Crippen LogP contribution in [0.25, 0.3) is 0 Å². The standard InChI is InChI=1S/C50H79N5O17/c1-41-4-5-45(60-3)36-43(41)40-55-46(57)37-50(48(55)59)7-10-54(11-8-50)49-52-38-44(39-53-49)47(58)51-9-13-62-15-17-64-19-21-66-23-25-68-27-29-70-31-33-72-35-34-71-32-30-69-28-26-67-24-22-65-20-18-63-16-14-61-12-6-42(2)56/h4-5,36,38-39H,6-35,37,40H2,1-3H3,(H,51,58). The van der Waals surface area contributed by atoms with Gasteiger partial charge in [0.1, 0.15) is 11.5 Å². The van der Waals surface area contributed by atoms with Crippen molar-refractivity contribution >= 4 is 29.5 Å². The zero-order valence-corrected chi connectivity index (χ0v) is 42.7. The number of methoxy groups -OCH3 is 1. The van der Waals surface area contributed by atoms with Gasteiger partial charge in [0, 0.05) is 44.9 Å². The minimum Gasteiger partial charge on any atom is -0.497 e. The van der Waals surface area contributed by atoms with Crippen molar-refractivity contribution in [3.63, 3.8) is 0 Å². The van der Waals surface area contributed by atoms with Gasteiger partial charge >= 0.3 is 0 Å². The van der Waals surface area contributed by atoms with E-state index < -0.39 is 5.41 Å². The van der Waals surface area contributed by atoms with Gasteiger partial charge in [0.25, 0.3) is 5.91 Å². The van der Waals surface area contributed by atoms with Crippen LogP contribution < -0.4 is 15.0 Å². The minimum atomic E-state index is -0.723. The van der Waals surface area contributed by atoms with E-state index in [2.05, 4.69) is 15.3 Å². The zero-order chi connectivity index (χ0) is 51.3. The highest BCUT2D eigenvalue weighted by Crippen LogP contribution is 2.43. The topological polar surface area (TPSA) is 233 Å². The first-order chi connectivity index (χ1) is 35.2. The molecule has 2 aromatic rings. The number of nitrogens with zero attached hydrogens (tertiary/aromatic N) is 4. The van der Waals surface area contributed by atoms with E-state index in [1.54, 1.807) is 14.0 Å². The summed E-state index contributed by atoms with van der Waals surface area (Å²) in [4.78, 5) is 62.4. The molecule has 3 heterocycles. The van der Waals surface area contributed by atoms with Gasteiger partial charge < -0.3 is 71.8 Å². The van der Waals surface area contributed by atoms with E-state index in [0.29, 0.717) is 215 Å². The molecule has 72 heavy (non-hydrogen) atoms. The van der Waals surface area contributed by atoms with Crippen LogP contribution in [0.3, 0.4) is 0 Å². The number of amides is 3. The van der Waals surface area contributed by atoms with E-state index in [0.717, 1.165) is 11.1 Å². The highest BCUT2D eigenvalue weighted by molar-refractivity contribution is 6.06. The number of ether oxygens (including phenoxy) is 13. The number of ketones is 1. The normalized spacial score (nSPS) is 14.5. The second-order valence-electron chi connectivity index (χ2n) is 16.8. The number of nitrogens with one attached hydrogen (secondary N) is 1. The van der Waals surface area contributed by atoms with Crippen molar-refractivity contribution in [3.05, 3.63) is 47.3 Å². The molecule has 0 atom stereocenters. The Morgan fingerprint density at radius 3 is 1.40 bits per heavy atom. The molecule has 0 unspecified atom stereocenters. The molecule has 2 aliphatic rings. The summed E-state index contributed by atoms with van der Waals surface area (Å²) in [5.74, 6) is 0.689. The van der Waals surface area contributed by atoms with E-state index >= 15 is 0 Å². The first-order valence-corrected chi connectivity index (χ1v) is 25.0. The van der Waals surface area contributed by atoms with Crippen LogP contribution in [0.5, 0.6) is 5.75 Å². The molecule has 22 heteroatoms. The van der Waals surface area contributed by atoms with Crippen LogP contribution in [0.1, 0.15) is 54.1 Å². The molecule has 2 aliphatic heterocycles. The van der Waals surface area contributed by atoms with Gasteiger partial charge in [-0.1, -0.05) is 6.07 Å². The smallest absolute Gasteiger partial charge is 0.254 e. The summed E-state index contributed by atoms with van der Waals surface area (Å²) in [7, 11) is 1.59. The SMILES string of the molecule is COc1ccc(C)c(CN2C(=O)CC3(CCN(c4ncc(C(=O)NCCOCCOCCOCCOCCOCCOCCOCCOCCOCCOCCOCCOCCC(C)=O)cn4)CC3)C2=O)c1. The van der Waals surface area contributed by atoms with Gasteiger partial charge in [-0.3, -0.25) is 24.1 Å². The average Bonchev–Trinajstić information content (AvgIpc) is 3.60. The van der Waals surface area contributed by atoms with Crippen molar-refractivity contribution in [2.45, 2.75) is 46.1 Å². The van der Waals surface area contributed by atoms with Gasteiger partial charge in [-0.25, -0.2) is 9.97 Å². The molecule has 2 saturated heterocycles. The molecule has 1 spiro atoms. The summed E-state index contributed by atoms with van der Waals surface area (Å²) < 4.78 is 71.1. The van der Waals surface area contributed by atoms with Crippen LogP contribution in [-0.2, 0) is 77.8 Å². The third kappa shape index (κ3) is 24.6. The molecular weight excluding hydrogens is 943 g/mol. The number of Topliss-reactive ketones (excluding diaryl/α,β-unsaturated/α-hetero) is 1. The van der Waals surface area contributed by atoms with Gasteiger partial charge in [0.15, 0.2) is 0 Å². The Kier molecular flexibility index (Phi) is 31.3. The molecule has 22 nitrogen and oxygen atoms in total. The van der Waals surface area contributed by atoms with Crippen molar-refractivity contribution in [2.75, 3.05) is 190 Å². The third-order valence-corrected chi connectivity index (χ3v) is 11.5. The van der Waals surface area contributed by atoms with Crippen LogP contribution in [-0.4, -0.2) is 224 Å². The Morgan fingerprint density at radius 1 is 0.597 bits per heavy atom. The maximum atomic E-state index is 13.6. The monoisotopic (exact) mass is 1020 g/mol. The number of benzene rings is 1. The number of aromatic nitrogens is 2. The number of hydrogen-bond acceptors (Lipinski definition) is 20. The molecule has 1 aromatic heterocycles. The van der Waals surface area contributed by atoms with Crippen LogP contribution >= 0.6 is 0 Å². The highest BCUT2D eigenvalue weighted by Gasteiger charge is 2.52. The van der Waals surface area contributed by atoms with E-state index in [4.69, 9.17) is 61.6 Å². The second kappa shape index (κ2) is 37.4. The van der Waals surface area contributed by atoms with Crippen LogP contribution in [0.15, 0.2) is 30.6 Å². The average molecular weight is 1020 g/mol. The lowest BCUT2D eigenvalue weighted by Crippen LogP contribution is -2.45. The van der Waals surface area contributed by atoms with Crippen molar-refractivity contribution in [1.82, 2.24) is 20.2 Å². The molecule has 1 N–H and O–H groups in total.